The number of nitrogens with one attached hydrogen (secondary N) is 1. The first-order valence-electron chi connectivity index (χ1n) is 7.14. The van der Waals surface area contributed by atoms with Gasteiger partial charge in [-0.25, -0.2) is 0 Å². The van der Waals surface area contributed by atoms with Crippen molar-refractivity contribution in [3.05, 3.63) is 0 Å². The van der Waals surface area contributed by atoms with E-state index in [1.807, 2.05) is 0 Å². The zero-order valence-corrected chi connectivity index (χ0v) is 14.4. The van der Waals surface area contributed by atoms with Gasteiger partial charge in [-0.3, -0.25) is 4.99 Å². The lowest BCUT2D eigenvalue weighted by molar-refractivity contribution is 0.493. The average Bonchev–Trinajstić information content (AvgIpc) is 3.00. The fourth-order valence-electron chi connectivity index (χ4n) is 1.98. The molecule has 1 rings (SSSR count). The van der Waals surface area contributed by atoms with Crippen LogP contribution in [0.5, 0.6) is 0 Å². The highest BCUT2D eigenvalue weighted by Gasteiger charge is 2.20. The second-order valence-corrected chi connectivity index (χ2v) is 5.87. The summed E-state index contributed by atoms with van der Waals surface area (Å²) in [6.07, 6.45) is 7.75. The second-order valence-electron chi connectivity index (χ2n) is 5.87. The predicted octanol–water partition coefficient (Wildman–Crippen LogP) is 3.52. The predicted molar refractivity (Wildman–Crippen MR) is 90.5 cm³/mol. The molecular weight excluding hydrogens is 337 g/mol. The van der Waals surface area contributed by atoms with Crippen molar-refractivity contribution >= 4 is 29.9 Å². The van der Waals surface area contributed by atoms with Gasteiger partial charge >= 0.3 is 0 Å². The maximum absolute atomic E-state index is 5.85. The van der Waals surface area contributed by atoms with Crippen LogP contribution < -0.4 is 11.1 Å². The highest BCUT2D eigenvalue weighted by Crippen LogP contribution is 2.31. The lowest BCUT2D eigenvalue weighted by Gasteiger charge is -2.15. The summed E-state index contributed by atoms with van der Waals surface area (Å²) in [5.74, 6) is 2.37. The lowest BCUT2D eigenvalue weighted by Crippen LogP contribution is -2.38. The van der Waals surface area contributed by atoms with Crippen LogP contribution in [-0.2, 0) is 0 Å². The molecular formula is C14H30IN3. The van der Waals surface area contributed by atoms with Crippen LogP contribution in [0.15, 0.2) is 4.99 Å². The molecule has 3 nitrogen and oxygen atoms in total. The highest BCUT2D eigenvalue weighted by atomic mass is 127. The average molecular weight is 367 g/mol. The summed E-state index contributed by atoms with van der Waals surface area (Å²) in [5, 5.41) is 3.28. The molecule has 1 atom stereocenters. The van der Waals surface area contributed by atoms with Crippen molar-refractivity contribution in [2.45, 2.75) is 65.3 Å². The van der Waals surface area contributed by atoms with Gasteiger partial charge in [-0.2, -0.15) is 0 Å². The van der Waals surface area contributed by atoms with Crippen molar-refractivity contribution in [2.75, 3.05) is 6.54 Å². The molecule has 1 fully saturated rings. The molecule has 0 amide bonds. The Morgan fingerprint density at radius 1 is 1.28 bits per heavy atom. The summed E-state index contributed by atoms with van der Waals surface area (Å²) in [7, 11) is 0. The molecule has 1 aliphatic carbocycles. The van der Waals surface area contributed by atoms with Crippen LogP contribution in [-0.4, -0.2) is 18.5 Å². The fourth-order valence-corrected chi connectivity index (χ4v) is 1.98. The molecule has 0 radical (unpaired) electrons. The SMILES string of the molecule is CC(C)CCCC(C)NC(N)=NCCC1CC1.I. The number of rotatable bonds is 8. The van der Waals surface area contributed by atoms with Gasteiger partial charge in [0.1, 0.15) is 0 Å². The first-order valence-corrected chi connectivity index (χ1v) is 7.14. The molecule has 0 saturated heterocycles. The van der Waals surface area contributed by atoms with Crippen molar-refractivity contribution in [1.29, 1.82) is 0 Å². The molecule has 0 spiro atoms. The van der Waals surface area contributed by atoms with Gasteiger partial charge in [0.2, 0.25) is 0 Å². The number of nitrogens with zero attached hydrogens (tertiary/aromatic N) is 1. The third kappa shape index (κ3) is 9.97. The first-order chi connectivity index (χ1) is 8.08. The van der Waals surface area contributed by atoms with Gasteiger partial charge in [-0.15, -0.1) is 24.0 Å². The van der Waals surface area contributed by atoms with Gasteiger partial charge in [0.25, 0.3) is 0 Å². The normalized spacial score (nSPS) is 17.4. The van der Waals surface area contributed by atoms with Crippen LogP contribution in [0.2, 0.25) is 0 Å². The first kappa shape index (κ1) is 18.0. The molecule has 0 aliphatic heterocycles. The van der Waals surface area contributed by atoms with Crippen LogP contribution in [0.3, 0.4) is 0 Å². The van der Waals surface area contributed by atoms with Gasteiger partial charge in [0.05, 0.1) is 0 Å². The third-order valence-electron chi connectivity index (χ3n) is 3.33. The van der Waals surface area contributed by atoms with Gasteiger partial charge in [-0.05, 0) is 31.6 Å². The quantitative estimate of drug-likeness (QED) is 0.392. The Kier molecular flexibility index (Phi) is 9.87. The van der Waals surface area contributed by atoms with Gasteiger partial charge in [0.15, 0.2) is 5.96 Å². The largest absolute Gasteiger partial charge is 0.370 e. The molecule has 3 N–H and O–H groups in total. The molecule has 4 heteroatoms. The molecule has 0 aromatic heterocycles. The number of hydrogen-bond acceptors (Lipinski definition) is 1. The van der Waals surface area contributed by atoms with Gasteiger partial charge in [0, 0.05) is 12.6 Å². The van der Waals surface area contributed by atoms with Gasteiger partial charge < -0.3 is 11.1 Å². The Hall–Kier alpha value is 0. The Bertz CT molecular complexity index is 237. The maximum atomic E-state index is 5.85. The number of aliphatic imine (C=N–C) groups is 1. The summed E-state index contributed by atoms with van der Waals surface area (Å²) in [4.78, 5) is 4.37. The van der Waals surface area contributed by atoms with Crippen LogP contribution in [0.1, 0.15) is 59.3 Å². The second kappa shape index (κ2) is 9.87. The highest BCUT2D eigenvalue weighted by molar-refractivity contribution is 14.0. The number of halogens is 1. The van der Waals surface area contributed by atoms with Crippen LogP contribution in [0.25, 0.3) is 0 Å². The molecule has 108 valence electrons. The van der Waals surface area contributed by atoms with Crippen molar-refractivity contribution in [3.8, 4) is 0 Å². The number of guanidine groups is 1. The summed E-state index contributed by atoms with van der Waals surface area (Å²) < 4.78 is 0. The van der Waals surface area contributed by atoms with E-state index >= 15 is 0 Å². The standard InChI is InChI=1S/C14H29N3.HI/c1-11(2)5-4-6-12(3)17-14(15)16-10-9-13-7-8-13;/h11-13H,4-10H2,1-3H3,(H3,15,16,17);1H. The van der Waals surface area contributed by atoms with Crippen molar-refractivity contribution < 1.29 is 0 Å². The summed E-state index contributed by atoms with van der Waals surface area (Å²) in [6, 6.07) is 0.443. The number of nitrogens with two attached hydrogens (primary N) is 1. The van der Waals surface area contributed by atoms with E-state index in [2.05, 4.69) is 31.1 Å². The summed E-state index contributed by atoms with van der Waals surface area (Å²) in [5.41, 5.74) is 5.85. The molecule has 0 aromatic rings. The van der Waals surface area contributed by atoms with Crippen molar-refractivity contribution in [2.24, 2.45) is 22.6 Å². The maximum Gasteiger partial charge on any atom is 0.188 e. The van der Waals surface area contributed by atoms with E-state index in [4.69, 9.17) is 5.73 Å². The minimum atomic E-state index is 0. The van der Waals surface area contributed by atoms with E-state index in [-0.39, 0.29) is 24.0 Å². The molecule has 18 heavy (non-hydrogen) atoms. The zero-order valence-electron chi connectivity index (χ0n) is 12.1. The number of hydrogen-bond donors (Lipinski definition) is 2. The summed E-state index contributed by atoms with van der Waals surface area (Å²) in [6.45, 7) is 7.61. The third-order valence-corrected chi connectivity index (χ3v) is 3.33. The Labute approximate surface area is 129 Å². The Morgan fingerprint density at radius 2 is 1.94 bits per heavy atom. The van der Waals surface area contributed by atoms with E-state index in [1.54, 1.807) is 0 Å². The van der Waals surface area contributed by atoms with E-state index < -0.39 is 0 Å². The minimum absolute atomic E-state index is 0. The topological polar surface area (TPSA) is 50.4 Å². The van der Waals surface area contributed by atoms with E-state index in [9.17, 15) is 0 Å². The minimum Gasteiger partial charge on any atom is -0.370 e. The smallest absolute Gasteiger partial charge is 0.188 e. The van der Waals surface area contributed by atoms with E-state index in [0.29, 0.717) is 12.0 Å². The van der Waals surface area contributed by atoms with Crippen LogP contribution in [0, 0.1) is 11.8 Å². The van der Waals surface area contributed by atoms with Crippen molar-refractivity contribution in [1.82, 2.24) is 5.32 Å². The zero-order chi connectivity index (χ0) is 12.7. The van der Waals surface area contributed by atoms with E-state index in [0.717, 1.165) is 18.4 Å². The molecule has 0 heterocycles. The molecule has 0 aromatic carbocycles. The van der Waals surface area contributed by atoms with Crippen LogP contribution in [0.4, 0.5) is 0 Å². The molecule has 1 unspecified atom stereocenters. The van der Waals surface area contributed by atoms with E-state index in [1.165, 1.54) is 38.5 Å². The van der Waals surface area contributed by atoms with Crippen LogP contribution >= 0.6 is 24.0 Å². The molecule has 0 bridgehead atoms. The fraction of sp³-hybridized carbons (Fsp3) is 0.929. The molecule has 1 aliphatic rings. The Balaban J connectivity index is 0.00000289. The summed E-state index contributed by atoms with van der Waals surface area (Å²) >= 11 is 0. The Morgan fingerprint density at radius 3 is 2.50 bits per heavy atom. The lowest BCUT2D eigenvalue weighted by atomic mass is 10.0. The monoisotopic (exact) mass is 367 g/mol. The van der Waals surface area contributed by atoms with Crippen molar-refractivity contribution in [3.63, 3.8) is 0 Å². The van der Waals surface area contributed by atoms with Gasteiger partial charge in [-0.1, -0.05) is 39.5 Å². The molecule has 1 saturated carbocycles.